The number of phenols is 1. The first-order chi connectivity index (χ1) is 8.17. The van der Waals surface area contributed by atoms with Crippen LogP contribution in [0.5, 0.6) is 5.75 Å². The summed E-state index contributed by atoms with van der Waals surface area (Å²) in [6, 6.07) is 5.94. The second-order valence-electron chi connectivity index (χ2n) is 3.40. The van der Waals surface area contributed by atoms with E-state index in [-0.39, 0.29) is 5.75 Å². The average molecular weight is 235 g/mol. The van der Waals surface area contributed by atoms with Gasteiger partial charge >= 0.3 is 14.0 Å². The van der Waals surface area contributed by atoms with E-state index >= 15 is 0 Å². The molecule has 0 amide bonds. The molecular formula is C11H14BNO4. The van der Waals surface area contributed by atoms with Crippen molar-refractivity contribution >= 4 is 20.4 Å². The molecule has 0 fully saturated rings. The summed E-state index contributed by atoms with van der Waals surface area (Å²) in [6.07, 6.45) is 1.61. The van der Waals surface area contributed by atoms with Gasteiger partial charge in [0.2, 0.25) is 0 Å². The van der Waals surface area contributed by atoms with Gasteiger partial charge in [-0.2, -0.15) is 0 Å². The Morgan fingerprint density at radius 2 is 2.18 bits per heavy atom. The third kappa shape index (κ3) is 4.18. The van der Waals surface area contributed by atoms with Crippen LogP contribution in [0.2, 0.25) is 0 Å². The van der Waals surface area contributed by atoms with Crippen molar-refractivity contribution in [2.75, 3.05) is 7.11 Å². The molecule has 90 valence electrons. The first-order valence-corrected chi connectivity index (χ1v) is 5.07. The van der Waals surface area contributed by atoms with Crippen LogP contribution in [0.15, 0.2) is 29.3 Å². The maximum Gasteiger partial charge on any atom is 0.331 e. The van der Waals surface area contributed by atoms with Gasteiger partial charge in [0.25, 0.3) is 0 Å². The second-order valence-corrected chi connectivity index (χ2v) is 3.40. The third-order valence-corrected chi connectivity index (χ3v) is 2.18. The standard InChI is InChI=1S/C11H14BNO4/c1-16-11(15)10(13-7-17-12)6-8-2-4-9(14)5-3-8/h2-5,7,10,14H,6,12H2,1H3/t10-/m0/s1. The minimum absolute atomic E-state index is 0.184. The summed E-state index contributed by atoms with van der Waals surface area (Å²) in [5.74, 6) is -0.241. The number of aromatic hydroxyl groups is 1. The van der Waals surface area contributed by atoms with Crippen molar-refractivity contribution in [1.82, 2.24) is 0 Å². The Morgan fingerprint density at radius 1 is 1.53 bits per heavy atom. The predicted molar refractivity (Wildman–Crippen MR) is 65.7 cm³/mol. The number of rotatable bonds is 5. The number of methoxy groups -OCH3 is 1. The van der Waals surface area contributed by atoms with E-state index in [4.69, 9.17) is 5.11 Å². The van der Waals surface area contributed by atoms with Crippen molar-refractivity contribution in [3.63, 3.8) is 0 Å². The molecule has 1 rings (SSSR count). The van der Waals surface area contributed by atoms with Gasteiger partial charge in [-0.05, 0) is 17.7 Å². The van der Waals surface area contributed by atoms with Crippen molar-refractivity contribution in [2.45, 2.75) is 12.5 Å². The highest BCUT2D eigenvalue weighted by Gasteiger charge is 2.18. The normalized spacial score (nSPS) is 12.3. The highest BCUT2D eigenvalue weighted by molar-refractivity contribution is 6.02. The number of hydrogen-bond acceptors (Lipinski definition) is 5. The minimum atomic E-state index is -0.635. The molecule has 0 aromatic heterocycles. The number of phenolic OH excluding ortho intramolecular Hbond substituents is 1. The predicted octanol–water partition coefficient (Wildman–Crippen LogP) is 0.0693. The van der Waals surface area contributed by atoms with E-state index in [0.29, 0.717) is 6.42 Å². The molecule has 0 bridgehead atoms. The van der Waals surface area contributed by atoms with Gasteiger partial charge in [-0.1, -0.05) is 12.1 Å². The highest BCUT2D eigenvalue weighted by atomic mass is 16.5. The number of aliphatic imine (C=N–C) groups is 1. The Kier molecular flexibility index (Phi) is 5.06. The van der Waals surface area contributed by atoms with Gasteiger partial charge in [0.1, 0.15) is 5.75 Å². The van der Waals surface area contributed by atoms with Gasteiger partial charge < -0.3 is 14.5 Å². The molecule has 0 aliphatic carbocycles. The lowest BCUT2D eigenvalue weighted by atomic mass is 10.1. The number of esters is 1. The second kappa shape index (κ2) is 6.57. The Balaban J connectivity index is 2.75. The summed E-state index contributed by atoms with van der Waals surface area (Å²) in [7, 11) is 2.77. The Labute approximate surface area is 101 Å². The first-order valence-electron chi connectivity index (χ1n) is 5.07. The van der Waals surface area contributed by atoms with E-state index in [1.54, 1.807) is 24.3 Å². The summed E-state index contributed by atoms with van der Waals surface area (Å²) in [6.45, 7) is 0. The van der Waals surface area contributed by atoms with Gasteiger partial charge in [0.05, 0.1) is 7.11 Å². The lowest BCUT2D eigenvalue weighted by Gasteiger charge is -2.09. The molecule has 1 N–H and O–H groups in total. The summed E-state index contributed by atoms with van der Waals surface area (Å²) in [5.41, 5.74) is 0.881. The maximum absolute atomic E-state index is 11.4. The van der Waals surface area contributed by atoms with Crippen LogP contribution < -0.4 is 0 Å². The fraction of sp³-hybridized carbons (Fsp3) is 0.273. The average Bonchev–Trinajstić information content (AvgIpc) is 2.36. The molecule has 0 heterocycles. The first kappa shape index (κ1) is 13.1. The molecule has 6 heteroatoms. The van der Waals surface area contributed by atoms with Gasteiger partial charge in [-0.25, -0.2) is 9.79 Å². The smallest absolute Gasteiger partial charge is 0.331 e. The molecule has 0 saturated heterocycles. The summed E-state index contributed by atoms with van der Waals surface area (Å²) >= 11 is 0. The monoisotopic (exact) mass is 235 g/mol. The highest BCUT2D eigenvalue weighted by Crippen LogP contribution is 2.12. The quantitative estimate of drug-likeness (QED) is 0.339. The molecule has 0 aliphatic rings. The van der Waals surface area contributed by atoms with E-state index in [2.05, 4.69) is 14.4 Å². The van der Waals surface area contributed by atoms with Crippen molar-refractivity contribution in [2.24, 2.45) is 4.99 Å². The summed E-state index contributed by atoms with van der Waals surface area (Å²) < 4.78 is 9.33. The number of carbonyl (C=O) groups excluding carboxylic acids is 1. The molecule has 0 saturated carbocycles. The number of benzene rings is 1. The molecule has 1 aromatic rings. The summed E-state index contributed by atoms with van der Waals surface area (Å²) in [4.78, 5) is 15.4. The number of nitrogens with zero attached hydrogens (tertiary/aromatic N) is 1. The molecule has 1 atom stereocenters. The molecule has 0 spiro atoms. The Morgan fingerprint density at radius 3 is 2.71 bits per heavy atom. The van der Waals surface area contributed by atoms with Crippen LogP contribution in [-0.2, 0) is 20.6 Å². The largest absolute Gasteiger partial charge is 0.560 e. The fourth-order valence-corrected chi connectivity index (χ4v) is 1.32. The lowest BCUT2D eigenvalue weighted by Crippen LogP contribution is -2.23. The number of ether oxygens (including phenoxy) is 1. The number of hydrogen-bond donors (Lipinski definition) is 1. The van der Waals surface area contributed by atoms with Crippen LogP contribution in [0.4, 0.5) is 0 Å². The SMILES string of the molecule is BOC=N[C@@H](Cc1ccc(O)cc1)C(=O)OC. The molecule has 5 nitrogen and oxygen atoms in total. The molecule has 0 unspecified atom stereocenters. The molecule has 0 aliphatic heterocycles. The van der Waals surface area contributed by atoms with Crippen LogP contribution >= 0.6 is 0 Å². The lowest BCUT2D eigenvalue weighted by molar-refractivity contribution is -0.142. The molecule has 0 radical (unpaired) electrons. The van der Waals surface area contributed by atoms with E-state index in [1.807, 2.05) is 0 Å². The van der Waals surface area contributed by atoms with Gasteiger partial charge in [0.15, 0.2) is 12.4 Å². The maximum atomic E-state index is 11.4. The zero-order valence-corrected chi connectivity index (χ0v) is 9.79. The van der Waals surface area contributed by atoms with Crippen LogP contribution in [0, 0.1) is 0 Å². The van der Waals surface area contributed by atoms with Crippen molar-refractivity contribution in [1.29, 1.82) is 0 Å². The Bertz CT molecular complexity index is 391. The van der Waals surface area contributed by atoms with Crippen molar-refractivity contribution < 1.29 is 19.3 Å². The zero-order chi connectivity index (χ0) is 12.7. The van der Waals surface area contributed by atoms with Crippen LogP contribution in [0.3, 0.4) is 0 Å². The van der Waals surface area contributed by atoms with Crippen LogP contribution in [0.1, 0.15) is 5.56 Å². The molecule has 1 aromatic carbocycles. The van der Waals surface area contributed by atoms with Gasteiger partial charge in [-0.15, -0.1) is 0 Å². The fourth-order valence-electron chi connectivity index (χ4n) is 1.32. The zero-order valence-electron chi connectivity index (χ0n) is 9.79. The van der Waals surface area contributed by atoms with Crippen molar-refractivity contribution in [3.8, 4) is 5.75 Å². The molecular weight excluding hydrogens is 221 g/mol. The van der Waals surface area contributed by atoms with Crippen molar-refractivity contribution in [3.05, 3.63) is 29.8 Å². The van der Waals surface area contributed by atoms with Crippen LogP contribution in [0.25, 0.3) is 0 Å². The van der Waals surface area contributed by atoms with E-state index < -0.39 is 12.0 Å². The summed E-state index contributed by atoms with van der Waals surface area (Å²) in [5, 5.41) is 9.15. The van der Waals surface area contributed by atoms with Gasteiger partial charge in [0, 0.05) is 6.42 Å². The van der Waals surface area contributed by atoms with E-state index in [1.165, 1.54) is 21.6 Å². The Hall–Kier alpha value is -1.98. The van der Waals surface area contributed by atoms with E-state index in [0.717, 1.165) is 5.56 Å². The van der Waals surface area contributed by atoms with Gasteiger partial charge in [-0.3, -0.25) is 0 Å². The topological polar surface area (TPSA) is 68.1 Å². The molecule has 17 heavy (non-hydrogen) atoms. The van der Waals surface area contributed by atoms with Crippen LogP contribution in [-0.4, -0.2) is 38.7 Å². The third-order valence-electron chi connectivity index (χ3n) is 2.18. The van der Waals surface area contributed by atoms with E-state index in [9.17, 15) is 4.79 Å². The minimum Gasteiger partial charge on any atom is -0.560 e. The number of carbonyl (C=O) groups is 1.